The van der Waals surface area contributed by atoms with Crippen molar-refractivity contribution >= 4 is 29.4 Å². The minimum atomic E-state index is -0.594. The molecule has 8 nitrogen and oxygen atoms in total. The molecule has 1 N–H and O–H groups in total. The van der Waals surface area contributed by atoms with Crippen LogP contribution in [0.15, 0.2) is 24.3 Å². The Labute approximate surface area is 169 Å². The summed E-state index contributed by atoms with van der Waals surface area (Å²) in [5.41, 5.74) is 1.16. The first-order chi connectivity index (χ1) is 14.0. The number of nitrogens with one attached hydrogen (secondary N) is 1. The second kappa shape index (κ2) is 7.85. The molecule has 3 fully saturated rings. The van der Waals surface area contributed by atoms with Crippen LogP contribution in [0.25, 0.3) is 0 Å². The van der Waals surface area contributed by atoms with Crippen molar-refractivity contribution in [1.29, 1.82) is 0 Å². The van der Waals surface area contributed by atoms with Gasteiger partial charge in [0.2, 0.25) is 0 Å². The summed E-state index contributed by atoms with van der Waals surface area (Å²) in [7, 11) is 0. The van der Waals surface area contributed by atoms with Crippen molar-refractivity contribution in [3.8, 4) is 0 Å². The van der Waals surface area contributed by atoms with E-state index in [4.69, 9.17) is 0 Å². The maximum absolute atomic E-state index is 13.0. The first kappa shape index (κ1) is 19.4. The zero-order chi connectivity index (χ0) is 20.5. The molecule has 2 aliphatic heterocycles. The monoisotopic (exact) mass is 398 g/mol. The first-order valence-electron chi connectivity index (χ1n) is 10.3. The van der Waals surface area contributed by atoms with Crippen molar-refractivity contribution in [2.24, 2.45) is 0 Å². The maximum Gasteiger partial charge on any atom is 0.327 e. The fourth-order valence-electron chi connectivity index (χ4n) is 4.47. The van der Waals surface area contributed by atoms with Gasteiger partial charge in [-0.3, -0.25) is 14.5 Å². The molecule has 1 atom stereocenters. The second-order valence-corrected chi connectivity index (χ2v) is 8.00. The van der Waals surface area contributed by atoms with Gasteiger partial charge in [-0.05, 0) is 44.0 Å². The van der Waals surface area contributed by atoms with Crippen molar-refractivity contribution in [3.05, 3.63) is 29.8 Å². The lowest BCUT2D eigenvalue weighted by Crippen LogP contribution is -2.55. The van der Waals surface area contributed by atoms with E-state index in [-0.39, 0.29) is 36.3 Å². The molecule has 1 aromatic carbocycles. The number of anilines is 1. The molecule has 1 aromatic rings. The molecule has 154 valence electrons. The average molecular weight is 398 g/mol. The summed E-state index contributed by atoms with van der Waals surface area (Å²) in [6, 6.07) is 5.58. The molecule has 0 aromatic heterocycles. The molecule has 1 saturated carbocycles. The van der Waals surface area contributed by atoms with Gasteiger partial charge < -0.3 is 15.1 Å². The van der Waals surface area contributed by atoms with E-state index in [1.807, 2.05) is 0 Å². The number of benzene rings is 1. The number of amides is 5. The molecular formula is C21H26N4O4. The average Bonchev–Trinajstić information content (AvgIpc) is 2.99. The van der Waals surface area contributed by atoms with E-state index in [9.17, 15) is 19.2 Å². The summed E-state index contributed by atoms with van der Waals surface area (Å²) in [5.74, 6) is -0.212. The summed E-state index contributed by atoms with van der Waals surface area (Å²) in [4.78, 5) is 54.4. The molecule has 1 aliphatic carbocycles. The number of carbonyl (C=O) groups is 4. The van der Waals surface area contributed by atoms with E-state index in [2.05, 4.69) is 5.32 Å². The minimum Gasteiger partial charge on any atom is -0.320 e. The van der Waals surface area contributed by atoms with Crippen molar-refractivity contribution in [3.63, 3.8) is 0 Å². The summed E-state index contributed by atoms with van der Waals surface area (Å²) >= 11 is 0. The molecule has 0 bridgehead atoms. The van der Waals surface area contributed by atoms with Gasteiger partial charge in [-0.25, -0.2) is 9.59 Å². The van der Waals surface area contributed by atoms with Gasteiger partial charge in [0, 0.05) is 30.4 Å². The maximum atomic E-state index is 13.0. The molecule has 2 heterocycles. The molecule has 2 saturated heterocycles. The Hall–Kier alpha value is -2.90. The van der Waals surface area contributed by atoms with E-state index in [0.29, 0.717) is 24.3 Å². The number of fused-ring (bicyclic) bond motifs is 1. The molecule has 1 unspecified atom stereocenters. The number of urea groups is 2. The van der Waals surface area contributed by atoms with E-state index in [0.717, 1.165) is 32.1 Å². The van der Waals surface area contributed by atoms with E-state index in [1.54, 1.807) is 34.1 Å². The highest BCUT2D eigenvalue weighted by Gasteiger charge is 2.50. The number of ketones is 1. The molecule has 5 amide bonds. The number of Topliss-reactive ketones (excluding diaryl/α,β-unsaturated/α-hetero) is 1. The lowest BCUT2D eigenvalue weighted by molar-refractivity contribution is -0.131. The summed E-state index contributed by atoms with van der Waals surface area (Å²) in [6.45, 7) is 2.43. The van der Waals surface area contributed by atoms with Gasteiger partial charge in [-0.1, -0.05) is 19.3 Å². The normalized spacial score (nSPS) is 22.7. The largest absolute Gasteiger partial charge is 0.327 e. The van der Waals surface area contributed by atoms with Gasteiger partial charge in [0.15, 0.2) is 5.78 Å². The van der Waals surface area contributed by atoms with Gasteiger partial charge in [0.1, 0.15) is 6.04 Å². The number of imide groups is 1. The van der Waals surface area contributed by atoms with Gasteiger partial charge in [-0.15, -0.1) is 0 Å². The molecule has 0 spiro atoms. The van der Waals surface area contributed by atoms with Crippen LogP contribution in [0.3, 0.4) is 0 Å². The van der Waals surface area contributed by atoms with Crippen LogP contribution >= 0.6 is 0 Å². The molecule has 4 rings (SSSR count). The van der Waals surface area contributed by atoms with Gasteiger partial charge in [0.25, 0.3) is 5.91 Å². The Bertz CT molecular complexity index is 832. The van der Waals surface area contributed by atoms with Gasteiger partial charge >= 0.3 is 12.1 Å². The van der Waals surface area contributed by atoms with Crippen LogP contribution in [0.4, 0.5) is 15.3 Å². The van der Waals surface area contributed by atoms with Crippen molar-refractivity contribution in [2.45, 2.75) is 51.1 Å². The fourth-order valence-corrected chi connectivity index (χ4v) is 4.47. The first-order valence-corrected chi connectivity index (χ1v) is 10.3. The van der Waals surface area contributed by atoms with Crippen molar-refractivity contribution in [2.75, 3.05) is 25.0 Å². The predicted octanol–water partition coefficient (Wildman–Crippen LogP) is 2.70. The highest BCUT2D eigenvalue weighted by atomic mass is 16.2. The molecular weight excluding hydrogens is 372 g/mol. The van der Waals surface area contributed by atoms with Crippen LogP contribution in [0, 0.1) is 0 Å². The fraction of sp³-hybridized carbons (Fsp3) is 0.524. The molecule has 3 aliphatic rings. The number of carbonyl (C=O) groups excluding carboxylic acids is 4. The third kappa shape index (κ3) is 3.71. The second-order valence-electron chi connectivity index (χ2n) is 8.00. The predicted molar refractivity (Wildman–Crippen MR) is 107 cm³/mol. The zero-order valence-electron chi connectivity index (χ0n) is 16.6. The third-order valence-electron chi connectivity index (χ3n) is 6.12. The van der Waals surface area contributed by atoms with Crippen LogP contribution in [0.1, 0.15) is 49.4 Å². The summed E-state index contributed by atoms with van der Waals surface area (Å²) in [5, 5.41) is 2.81. The summed E-state index contributed by atoms with van der Waals surface area (Å²) in [6.07, 6.45) is 4.99. The Kier molecular flexibility index (Phi) is 5.25. The smallest absolute Gasteiger partial charge is 0.320 e. The summed E-state index contributed by atoms with van der Waals surface area (Å²) < 4.78 is 0. The SMILES string of the molecule is CC(=O)c1ccc(NC(=O)N2CCN3C(=O)N(C4CCCCC4)C(=O)C3C2)cc1. The van der Waals surface area contributed by atoms with Crippen molar-refractivity contribution < 1.29 is 19.2 Å². The lowest BCUT2D eigenvalue weighted by Gasteiger charge is -2.35. The van der Waals surface area contributed by atoms with Crippen LogP contribution in [0.2, 0.25) is 0 Å². The molecule has 29 heavy (non-hydrogen) atoms. The number of hydrogen-bond acceptors (Lipinski definition) is 4. The van der Waals surface area contributed by atoms with E-state index < -0.39 is 6.04 Å². The third-order valence-corrected chi connectivity index (χ3v) is 6.12. The Balaban J connectivity index is 1.41. The zero-order valence-corrected chi connectivity index (χ0v) is 16.6. The quantitative estimate of drug-likeness (QED) is 0.626. The number of hydrogen-bond donors (Lipinski definition) is 1. The Morgan fingerprint density at radius 2 is 1.69 bits per heavy atom. The Morgan fingerprint density at radius 1 is 1.00 bits per heavy atom. The van der Waals surface area contributed by atoms with Gasteiger partial charge in [-0.2, -0.15) is 0 Å². The lowest BCUT2D eigenvalue weighted by atomic mass is 9.94. The van der Waals surface area contributed by atoms with Crippen molar-refractivity contribution in [1.82, 2.24) is 14.7 Å². The highest BCUT2D eigenvalue weighted by molar-refractivity contribution is 6.05. The Morgan fingerprint density at radius 3 is 2.34 bits per heavy atom. The van der Waals surface area contributed by atoms with Crippen LogP contribution in [-0.2, 0) is 4.79 Å². The number of rotatable bonds is 3. The van der Waals surface area contributed by atoms with E-state index >= 15 is 0 Å². The molecule has 0 radical (unpaired) electrons. The standard InChI is InChI=1S/C21H26N4O4/c1-14(26)15-7-9-16(10-8-15)22-20(28)23-11-12-24-18(13-23)19(27)25(21(24)29)17-5-3-2-4-6-17/h7-10,17-18H,2-6,11-13H2,1H3,(H,22,28). The highest BCUT2D eigenvalue weighted by Crippen LogP contribution is 2.30. The topological polar surface area (TPSA) is 90.0 Å². The van der Waals surface area contributed by atoms with E-state index in [1.165, 1.54) is 11.8 Å². The number of nitrogens with zero attached hydrogens (tertiary/aromatic N) is 3. The van der Waals surface area contributed by atoms with Crippen LogP contribution in [0.5, 0.6) is 0 Å². The van der Waals surface area contributed by atoms with Crippen LogP contribution in [-0.4, -0.2) is 70.2 Å². The van der Waals surface area contributed by atoms with Crippen LogP contribution < -0.4 is 5.32 Å². The molecule has 8 heteroatoms. The number of piperazine rings is 1. The minimum absolute atomic E-state index is 0.00332. The van der Waals surface area contributed by atoms with Gasteiger partial charge in [0.05, 0.1) is 6.54 Å².